The molecule has 0 fully saturated rings. The van der Waals surface area contributed by atoms with Crippen molar-refractivity contribution in [2.24, 2.45) is 0 Å². The number of nitrogens with zero attached hydrogens (tertiary/aromatic N) is 2. The second kappa shape index (κ2) is 10.6. The number of furan rings is 1. The largest absolute Gasteiger partial charge is 0.455 e. The lowest BCUT2D eigenvalue weighted by molar-refractivity contribution is 0.670. The molecule has 202 valence electrons. The van der Waals surface area contributed by atoms with Crippen molar-refractivity contribution in [3.8, 4) is 56.2 Å². The summed E-state index contributed by atoms with van der Waals surface area (Å²) in [6.45, 7) is 0. The van der Waals surface area contributed by atoms with Gasteiger partial charge in [-0.3, -0.25) is 0 Å². The monoisotopic (exact) mass is 550 g/mol. The Bertz CT molecular complexity index is 2150. The highest BCUT2D eigenvalue weighted by molar-refractivity contribution is 6.12. The summed E-state index contributed by atoms with van der Waals surface area (Å²) in [7, 11) is 0. The predicted molar refractivity (Wildman–Crippen MR) is 176 cm³/mol. The average molecular weight is 551 g/mol. The lowest BCUT2D eigenvalue weighted by Crippen LogP contribution is -1.95. The van der Waals surface area contributed by atoms with Crippen LogP contribution in [0.4, 0.5) is 0 Å². The first kappa shape index (κ1) is 25.0. The molecule has 8 aromatic rings. The summed E-state index contributed by atoms with van der Waals surface area (Å²) in [6, 6.07) is 54.3. The third kappa shape index (κ3) is 4.67. The predicted octanol–water partition coefficient (Wildman–Crippen LogP) is 10.7. The van der Waals surface area contributed by atoms with Gasteiger partial charge in [-0.2, -0.15) is 0 Å². The zero-order chi connectivity index (χ0) is 28.6. The van der Waals surface area contributed by atoms with Crippen molar-refractivity contribution >= 4 is 21.9 Å². The van der Waals surface area contributed by atoms with Crippen LogP contribution in [0.1, 0.15) is 0 Å². The zero-order valence-electron chi connectivity index (χ0n) is 23.3. The van der Waals surface area contributed by atoms with Gasteiger partial charge in [-0.1, -0.05) is 127 Å². The molecule has 8 rings (SSSR count). The first-order valence-corrected chi connectivity index (χ1v) is 14.4. The average Bonchev–Trinajstić information content (AvgIpc) is 3.47. The number of hydrogen-bond acceptors (Lipinski definition) is 3. The molecule has 0 aliphatic carbocycles. The van der Waals surface area contributed by atoms with Gasteiger partial charge >= 0.3 is 0 Å². The highest BCUT2D eigenvalue weighted by Crippen LogP contribution is 2.40. The van der Waals surface area contributed by atoms with Gasteiger partial charge in [0.05, 0.1) is 11.4 Å². The summed E-state index contributed by atoms with van der Waals surface area (Å²) in [5.41, 5.74) is 11.0. The fourth-order valence-electron chi connectivity index (χ4n) is 5.74. The van der Waals surface area contributed by atoms with E-state index in [9.17, 15) is 0 Å². The summed E-state index contributed by atoms with van der Waals surface area (Å²) in [6.07, 6.45) is 0. The molecule has 2 heterocycles. The normalized spacial score (nSPS) is 11.3. The molecule has 2 aromatic heterocycles. The molecular formula is C40H26N2O. The van der Waals surface area contributed by atoms with Gasteiger partial charge in [0, 0.05) is 33.0 Å². The van der Waals surface area contributed by atoms with Gasteiger partial charge < -0.3 is 4.42 Å². The van der Waals surface area contributed by atoms with Gasteiger partial charge in [-0.05, 0) is 47.0 Å². The quantitative estimate of drug-likeness (QED) is 0.214. The van der Waals surface area contributed by atoms with E-state index in [-0.39, 0.29) is 0 Å². The number of aromatic nitrogens is 2. The fourth-order valence-corrected chi connectivity index (χ4v) is 5.74. The van der Waals surface area contributed by atoms with Gasteiger partial charge in [0.1, 0.15) is 11.2 Å². The second-order valence-corrected chi connectivity index (χ2v) is 10.6. The SMILES string of the molecule is c1ccc(-c2cc(-c3ccccc3)c3oc4cc(-c5nc(-c6ccccc6)cc(-c6ccccc6)n5)ccc4c3c2)cc1. The molecule has 0 aliphatic rings. The van der Waals surface area contributed by atoms with Crippen LogP contribution in [0.15, 0.2) is 162 Å². The Labute approximate surface area is 249 Å². The topological polar surface area (TPSA) is 38.9 Å². The Kier molecular flexibility index (Phi) is 6.12. The molecule has 0 spiro atoms. The van der Waals surface area contributed by atoms with E-state index in [1.165, 1.54) is 5.56 Å². The van der Waals surface area contributed by atoms with Crippen molar-refractivity contribution in [3.05, 3.63) is 158 Å². The van der Waals surface area contributed by atoms with Gasteiger partial charge in [0.25, 0.3) is 0 Å². The molecule has 6 aromatic carbocycles. The van der Waals surface area contributed by atoms with Crippen molar-refractivity contribution in [1.82, 2.24) is 9.97 Å². The lowest BCUT2D eigenvalue weighted by Gasteiger charge is -2.09. The molecule has 0 saturated heterocycles. The Morgan fingerprint density at radius 2 is 0.907 bits per heavy atom. The maximum atomic E-state index is 6.67. The lowest BCUT2D eigenvalue weighted by atomic mass is 9.95. The van der Waals surface area contributed by atoms with Crippen LogP contribution in [-0.4, -0.2) is 9.97 Å². The molecule has 0 N–H and O–H groups in total. The van der Waals surface area contributed by atoms with Crippen LogP contribution in [0.2, 0.25) is 0 Å². The smallest absolute Gasteiger partial charge is 0.160 e. The molecule has 43 heavy (non-hydrogen) atoms. The second-order valence-electron chi connectivity index (χ2n) is 10.6. The van der Waals surface area contributed by atoms with E-state index < -0.39 is 0 Å². The van der Waals surface area contributed by atoms with Gasteiger partial charge in [0.2, 0.25) is 0 Å². The Balaban J connectivity index is 1.33. The standard InChI is InChI=1S/C40H26N2O/c1-5-13-27(14-6-1)32-23-34(28-15-7-2-8-16-28)39-35(24-32)33-22-21-31(25-38(33)43-39)40-41-36(29-17-9-3-10-18-29)26-37(42-40)30-19-11-4-12-20-30/h1-26H. The minimum absolute atomic E-state index is 0.663. The summed E-state index contributed by atoms with van der Waals surface area (Å²) >= 11 is 0. The van der Waals surface area contributed by atoms with Crippen LogP contribution in [0, 0.1) is 0 Å². The van der Waals surface area contributed by atoms with E-state index in [4.69, 9.17) is 14.4 Å². The number of hydrogen-bond donors (Lipinski definition) is 0. The van der Waals surface area contributed by atoms with Gasteiger partial charge in [0.15, 0.2) is 5.82 Å². The van der Waals surface area contributed by atoms with E-state index in [1.54, 1.807) is 0 Å². The summed E-state index contributed by atoms with van der Waals surface area (Å²) in [4.78, 5) is 10.1. The third-order valence-electron chi connectivity index (χ3n) is 7.89. The molecule has 3 nitrogen and oxygen atoms in total. The summed E-state index contributed by atoms with van der Waals surface area (Å²) in [5, 5.41) is 2.15. The van der Waals surface area contributed by atoms with Gasteiger partial charge in [-0.15, -0.1) is 0 Å². The fraction of sp³-hybridized carbons (Fsp3) is 0. The number of fused-ring (bicyclic) bond motifs is 3. The molecule has 0 unspecified atom stereocenters. The Morgan fingerprint density at radius 3 is 1.49 bits per heavy atom. The van der Waals surface area contributed by atoms with Crippen LogP contribution >= 0.6 is 0 Å². The van der Waals surface area contributed by atoms with E-state index in [0.717, 1.165) is 66.7 Å². The van der Waals surface area contributed by atoms with Crippen molar-refractivity contribution in [3.63, 3.8) is 0 Å². The minimum atomic E-state index is 0.663. The minimum Gasteiger partial charge on any atom is -0.455 e. The first-order valence-electron chi connectivity index (χ1n) is 14.4. The molecule has 0 saturated carbocycles. The highest BCUT2D eigenvalue weighted by atomic mass is 16.3. The Hall–Kier alpha value is -5.80. The molecule has 0 radical (unpaired) electrons. The van der Waals surface area contributed by atoms with Crippen molar-refractivity contribution < 1.29 is 4.42 Å². The molecule has 0 aliphatic heterocycles. The summed E-state index contributed by atoms with van der Waals surface area (Å²) in [5.74, 6) is 0.663. The third-order valence-corrected chi connectivity index (χ3v) is 7.89. The molecule has 0 amide bonds. The van der Waals surface area contributed by atoms with E-state index in [0.29, 0.717) is 5.82 Å². The van der Waals surface area contributed by atoms with Crippen LogP contribution in [0.25, 0.3) is 78.1 Å². The van der Waals surface area contributed by atoms with Crippen LogP contribution in [-0.2, 0) is 0 Å². The van der Waals surface area contributed by atoms with Crippen molar-refractivity contribution in [2.45, 2.75) is 0 Å². The molecule has 0 atom stereocenters. The first-order chi connectivity index (χ1) is 21.3. The highest BCUT2D eigenvalue weighted by Gasteiger charge is 2.17. The zero-order valence-corrected chi connectivity index (χ0v) is 23.3. The summed E-state index contributed by atoms with van der Waals surface area (Å²) < 4.78 is 6.67. The molecule has 3 heteroatoms. The van der Waals surface area contributed by atoms with E-state index in [1.807, 2.05) is 48.5 Å². The van der Waals surface area contributed by atoms with Crippen molar-refractivity contribution in [1.29, 1.82) is 0 Å². The van der Waals surface area contributed by atoms with Crippen LogP contribution in [0.5, 0.6) is 0 Å². The Morgan fingerprint density at radius 1 is 0.372 bits per heavy atom. The maximum Gasteiger partial charge on any atom is 0.160 e. The molecule has 0 bridgehead atoms. The van der Waals surface area contributed by atoms with Crippen LogP contribution in [0.3, 0.4) is 0 Å². The number of rotatable bonds is 5. The van der Waals surface area contributed by atoms with E-state index >= 15 is 0 Å². The maximum absolute atomic E-state index is 6.67. The van der Waals surface area contributed by atoms with Crippen molar-refractivity contribution in [2.75, 3.05) is 0 Å². The molecular weight excluding hydrogens is 524 g/mol. The number of benzene rings is 6. The van der Waals surface area contributed by atoms with Crippen LogP contribution < -0.4 is 0 Å². The van der Waals surface area contributed by atoms with Gasteiger partial charge in [-0.25, -0.2) is 9.97 Å². The van der Waals surface area contributed by atoms with E-state index in [2.05, 4.69) is 109 Å².